The number of rotatable bonds is 4. The molecule has 1 saturated heterocycles. The minimum absolute atomic E-state index is 0.0844. The topological polar surface area (TPSA) is 41.6 Å². The minimum atomic E-state index is -0.710. The van der Waals surface area contributed by atoms with Gasteiger partial charge in [0.25, 0.3) is 5.91 Å². The first-order valence-electron chi connectivity index (χ1n) is 5.60. The molecule has 1 unspecified atom stereocenters. The molecular formula is C11H22N2O2. The Balaban J connectivity index is 2.69. The summed E-state index contributed by atoms with van der Waals surface area (Å²) in [5.74, 6) is 0.0844. The van der Waals surface area contributed by atoms with Gasteiger partial charge in [0.05, 0.1) is 0 Å². The fourth-order valence-electron chi connectivity index (χ4n) is 1.91. The van der Waals surface area contributed by atoms with Gasteiger partial charge in [-0.15, -0.1) is 0 Å². The van der Waals surface area contributed by atoms with Gasteiger partial charge in [0.1, 0.15) is 5.60 Å². The van der Waals surface area contributed by atoms with Crippen molar-refractivity contribution in [1.82, 2.24) is 10.2 Å². The smallest absolute Gasteiger partial charge is 0.254 e. The number of likely N-dealkylation sites (N-methyl/N-ethyl adjacent to an activating group) is 1. The zero-order valence-corrected chi connectivity index (χ0v) is 10.2. The first-order valence-corrected chi connectivity index (χ1v) is 5.60. The highest BCUT2D eigenvalue weighted by Crippen LogP contribution is 2.17. The molecule has 0 aromatic heterocycles. The molecule has 1 aliphatic heterocycles. The predicted octanol–water partition coefficient (Wildman–Crippen LogP) is 0.622. The van der Waals surface area contributed by atoms with Crippen LogP contribution in [-0.4, -0.2) is 49.2 Å². The Bertz CT molecular complexity index is 223. The number of nitrogens with zero attached hydrogens (tertiary/aromatic N) is 1. The Morgan fingerprint density at radius 1 is 1.60 bits per heavy atom. The number of carbonyl (C=O) groups excluding carboxylic acids is 1. The van der Waals surface area contributed by atoms with E-state index in [1.165, 1.54) is 0 Å². The quantitative estimate of drug-likeness (QED) is 0.746. The van der Waals surface area contributed by atoms with Crippen LogP contribution in [0.2, 0.25) is 0 Å². The molecule has 88 valence electrons. The van der Waals surface area contributed by atoms with Crippen LogP contribution in [0.25, 0.3) is 0 Å². The number of hydrogen-bond acceptors (Lipinski definition) is 3. The molecule has 1 N–H and O–H groups in total. The summed E-state index contributed by atoms with van der Waals surface area (Å²) in [6, 6.07) is 0.330. The van der Waals surface area contributed by atoms with Crippen LogP contribution < -0.4 is 5.32 Å². The molecule has 0 bridgehead atoms. The van der Waals surface area contributed by atoms with Crippen LogP contribution in [0.3, 0.4) is 0 Å². The summed E-state index contributed by atoms with van der Waals surface area (Å²) < 4.78 is 5.23. The largest absolute Gasteiger partial charge is 0.369 e. The van der Waals surface area contributed by atoms with Crippen LogP contribution in [-0.2, 0) is 9.53 Å². The first kappa shape index (κ1) is 12.5. The first-order chi connectivity index (χ1) is 7.03. The van der Waals surface area contributed by atoms with Gasteiger partial charge in [-0.25, -0.2) is 0 Å². The van der Waals surface area contributed by atoms with Crippen molar-refractivity contribution in [2.24, 2.45) is 0 Å². The summed E-state index contributed by atoms with van der Waals surface area (Å²) in [5, 5.41) is 3.28. The summed E-state index contributed by atoms with van der Waals surface area (Å²) in [6.07, 6.45) is 1.04. The maximum absolute atomic E-state index is 12.2. The Hall–Kier alpha value is -0.610. The van der Waals surface area contributed by atoms with E-state index in [0.29, 0.717) is 6.04 Å². The molecule has 0 aliphatic carbocycles. The zero-order valence-electron chi connectivity index (χ0n) is 10.2. The second-order valence-electron chi connectivity index (χ2n) is 4.45. The summed E-state index contributed by atoms with van der Waals surface area (Å²) in [6.45, 7) is 8.31. The van der Waals surface area contributed by atoms with Gasteiger partial charge in [-0.2, -0.15) is 0 Å². The van der Waals surface area contributed by atoms with Gasteiger partial charge in [0.15, 0.2) is 0 Å². The average Bonchev–Trinajstić information content (AvgIpc) is 2.72. The van der Waals surface area contributed by atoms with Crippen LogP contribution in [0.4, 0.5) is 0 Å². The van der Waals surface area contributed by atoms with Crippen molar-refractivity contribution in [2.75, 3.05) is 26.7 Å². The molecule has 0 spiro atoms. The highest BCUT2D eigenvalue weighted by atomic mass is 16.5. The number of amides is 1. The maximum atomic E-state index is 12.2. The predicted molar refractivity (Wildman–Crippen MR) is 59.7 cm³/mol. The molecule has 0 aromatic rings. The van der Waals surface area contributed by atoms with Crippen molar-refractivity contribution in [2.45, 2.75) is 38.8 Å². The van der Waals surface area contributed by atoms with Gasteiger partial charge < -0.3 is 15.0 Å². The van der Waals surface area contributed by atoms with Gasteiger partial charge in [-0.1, -0.05) is 0 Å². The number of carbonyl (C=O) groups is 1. The summed E-state index contributed by atoms with van der Waals surface area (Å²) in [5.41, 5.74) is -0.710. The number of nitrogens with one attached hydrogen (secondary N) is 1. The van der Waals surface area contributed by atoms with Crippen molar-refractivity contribution >= 4 is 5.91 Å². The normalized spacial score (nSPS) is 21.7. The fourth-order valence-corrected chi connectivity index (χ4v) is 1.91. The van der Waals surface area contributed by atoms with E-state index in [4.69, 9.17) is 4.74 Å². The Labute approximate surface area is 92.0 Å². The lowest BCUT2D eigenvalue weighted by atomic mass is 10.1. The third kappa shape index (κ3) is 2.69. The molecule has 1 rings (SSSR count). The van der Waals surface area contributed by atoms with Crippen molar-refractivity contribution in [3.05, 3.63) is 0 Å². The molecule has 0 radical (unpaired) electrons. The molecule has 0 aromatic carbocycles. The van der Waals surface area contributed by atoms with E-state index in [9.17, 15) is 4.79 Å². The fraction of sp³-hybridized carbons (Fsp3) is 0.909. The van der Waals surface area contributed by atoms with Gasteiger partial charge in [-0.3, -0.25) is 4.79 Å². The van der Waals surface area contributed by atoms with Gasteiger partial charge >= 0.3 is 0 Å². The number of methoxy groups -OCH3 is 1. The highest BCUT2D eigenvalue weighted by molar-refractivity contribution is 5.84. The number of ether oxygens (including phenoxy) is 1. The molecule has 1 atom stereocenters. The molecule has 0 saturated carbocycles. The SMILES string of the molecule is CCN(C(=O)C(C)(C)OC)C1CCNC1. The Morgan fingerprint density at radius 3 is 2.67 bits per heavy atom. The van der Waals surface area contributed by atoms with E-state index in [0.717, 1.165) is 26.1 Å². The van der Waals surface area contributed by atoms with Gasteiger partial charge in [0, 0.05) is 26.2 Å². The van der Waals surface area contributed by atoms with E-state index < -0.39 is 5.60 Å². The van der Waals surface area contributed by atoms with Crippen LogP contribution >= 0.6 is 0 Å². The summed E-state index contributed by atoms with van der Waals surface area (Å²) in [7, 11) is 1.58. The standard InChI is InChI=1S/C11H22N2O2/c1-5-13(9-6-7-12-8-9)10(14)11(2,3)15-4/h9,12H,5-8H2,1-4H3. The second kappa shape index (κ2) is 4.94. The third-order valence-electron chi connectivity index (χ3n) is 3.10. The molecule has 1 amide bonds. The van der Waals surface area contributed by atoms with Crippen molar-refractivity contribution < 1.29 is 9.53 Å². The Morgan fingerprint density at radius 2 is 2.27 bits per heavy atom. The van der Waals surface area contributed by atoms with Crippen LogP contribution in [0, 0.1) is 0 Å². The zero-order chi connectivity index (χ0) is 11.5. The van der Waals surface area contributed by atoms with Gasteiger partial charge in [0.2, 0.25) is 0 Å². The summed E-state index contributed by atoms with van der Waals surface area (Å²) >= 11 is 0. The van der Waals surface area contributed by atoms with Crippen LogP contribution in [0.15, 0.2) is 0 Å². The van der Waals surface area contributed by atoms with Gasteiger partial charge in [-0.05, 0) is 33.7 Å². The Kier molecular flexibility index (Phi) is 4.11. The monoisotopic (exact) mass is 214 g/mol. The maximum Gasteiger partial charge on any atom is 0.254 e. The van der Waals surface area contributed by atoms with Crippen molar-refractivity contribution in [3.63, 3.8) is 0 Å². The third-order valence-corrected chi connectivity index (χ3v) is 3.10. The lowest BCUT2D eigenvalue weighted by Crippen LogP contribution is -2.51. The molecule has 4 heteroatoms. The second-order valence-corrected chi connectivity index (χ2v) is 4.45. The van der Waals surface area contributed by atoms with E-state index in [2.05, 4.69) is 5.32 Å². The van der Waals surface area contributed by atoms with Crippen molar-refractivity contribution in [3.8, 4) is 0 Å². The van der Waals surface area contributed by atoms with E-state index >= 15 is 0 Å². The van der Waals surface area contributed by atoms with E-state index in [-0.39, 0.29) is 5.91 Å². The molecule has 1 fully saturated rings. The van der Waals surface area contributed by atoms with E-state index in [1.54, 1.807) is 7.11 Å². The van der Waals surface area contributed by atoms with Crippen LogP contribution in [0.1, 0.15) is 27.2 Å². The molecule has 15 heavy (non-hydrogen) atoms. The lowest BCUT2D eigenvalue weighted by Gasteiger charge is -2.34. The number of hydrogen-bond donors (Lipinski definition) is 1. The lowest BCUT2D eigenvalue weighted by molar-refractivity contribution is -0.152. The summed E-state index contributed by atoms with van der Waals surface area (Å²) in [4.78, 5) is 14.1. The van der Waals surface area contributed by atoms with Crippen molar-refractivity contribution in [1.29, 1.82) is 0 Å². The highest BCUT2D eigenvalue weighted by Gasteiger charge is 2.35. The van der Waals surface area contributed by atoms with Crippen LogP contribution in [0.5, 0.6) is 0 Å². The molecular weight excluding hydrogens is 192 g/mol. The molecule has 1 aliphatic rings. The average molecular weight is 214 g/mol. The minimum Gasteiger partial charge on any atom is -0.369 e. The molecule has 1 heterocycles. The molecule has 4 nitrogen and oxygen atoms in total. The van der Waals surface area contributed by atoms with E-state index in [1.807, 2.05) is 25.7 Å².